The summed E-state index contributed by atoms with van der Waals surface area (Å²) in [5, 5.41) is 7.45. The molecule has 0 radical (unpaired) electrons. The largest absolute Gasteiger partial charge is 0.497 e. The monoisotopic (exact) mass is 479 g/mol. The molecule has 2 aliphatic rings. The van der Waals surface area contributed by atoms with Crippen molar-refractivity contribution < 1.29 is 14.3 Å². The van der Waals surface area contributed by atoms with Crippen LogP contribution in [-0.4, -0.2) is 23.9 Å². The zero-order chi connectivity index (χ0) is 23.2. The molecule has 0 unspecified atom stereocenters. The van der Waals surface area contributed by atoms with Gasteiger partial charge in [-0.3, -0.25) is 9.69 Å². The number of hydrogen-bond acceptors (Lipinski definition) is 4. The van der Waals surface area contributed by atoms with Gasteiger partial charge < -0.3 is 20.1 Å². The van der Waals surface area contributed by atoms with Crippen LogP contribution in [0.4, 0.5) is 11.4 Å². The second-order valence-corrected chi connectivity index (χ2v) is 8.96. The Labute approximate surface area is 202 Å². The maximum Gasteiger partial charge on any atom is 0.236 e. The SMILES string of the molecule is COc1ccc(NC(=O)[C@@H]2[C@@H]3NC(=S)N(c4cccc(Cl)c4)[C@@]2(C)Oc2ccccc23)cc1. The van der Waals surface area contributed by atoms with Crippen molar-refractivity contribution in [3.05, 3.63) is 83.4 Å². The van der Waals surface area contributed by atoms with E-state index in [1.807, 2.05) is 54.3 Å². The number of benzene rings is 3. The summed E-state index contributed by atoms with van der Waals surface area (Å²) < 4.78 is 11.8. The van der Waals surface area contributed by atoms with E-state index in [1.54, 1.807) is 37.4 Å². The van der Waals surface area contributed by atoms with Gasteiger partial charge in [0.05, 0.1) is 13.2 Å². The van der Waals surface area contributed by atoms with Crippen molar-refractivity contribution >= 4 is 46.2 Å². The van der Waals surface area contributed by atoms with Gasteiger partial charge in [-0.15, -0.1) is 0 Å². The molecule has 1 amide bonds. The molecule has 0 aliphatic carbocycles. The van der Waals surface area contributed by atoms with Crippen molar-refractivity contribution in [1.29, 1.82) is 0 Å². The van der Waals surface area contributed by atoms with Crippen LogP contribution in [0, 0.1) is 5.92 Å². The van der Waals surface area contributed by atoms with E-state index in [2.05, 4.69) is 10.6 Å². The lowest BCUT2D eigenvalue weighted by Gasteiger charge is -2.56. The van der Waals surface area contributed by atoms with Crippen molar-refractivity contribution in [2.75, 3.05) is 17.3 Å². The van der Waals surface area contributed by atoms with E-state index in [-0.39, 0.29) is 11.9 Å². The van der Waals surface area contributed by atoms with Gasteiger partial charge in [0.15, 0.2) is 10.8 Å². The average Bonchev–Trinajstić information content (AvgIpc) is 2.79. The summed E-state index contributed by atoms with van der Waals surface area (Å²) in [6, 6.07) is 21.9. The molecule has 5 rings (SSSR count). The average molecular weight is 480 g/mol. The Balaban J connectivity index is 1.59. The lowest BCUT2D eigenvalue weighted by Crippen LogP contribution is -2.72. The molecule has 1 saturated heterocycles. The first-order chi connectivity index (χ1) is 15.9. The van der Waals surface area contributed by atoms with E-state index < -0.39 is 11.6 Å². The van der Waals surface area contributed by atoms with Crippen molar-refractivity contribution in [1.82, 2.24) is 5.32 Å². The highest BCUT2D eigenvalue weighted by Gasteiger charge is 2.59. The molecule has 2 aliphatic heterocycles. The molecule has 3 aromatic carbocycles. The number of rotatable bonds is 4. The van der Waals surface area contributed by atoms with Gasteiger partial charge in [-0.05, 0) is 67.7 Å². The number of fused-ring (bicyclic) bond motifs is 4. The zero-order valence-electron chi connectivity index (χ0n) is 18.0. The second-order valence-electron chi connectivity index (χ2n) is 8.13. The van der Waals surface area contributed by atoms with E-state index in [9.17, 15) is 4.79 Å². The molecule has 2 heterocycles. The van der Waals surface area contributed by atoms with Crippen molar-refractivity contribution in [2.45, 2.75) is 18.7 Å². The molecule has 8 heteroatoms. The highest BCUT2D eigenvalue weighted by atomic mass is 35.5. The van der Waals surface area contributed by atoms with E-state index in [1.165, 1.54) is 0 Å². The maximum atomic E-state index is 13.7. The van der Waals surface area contributed by atoms with Crippen LogP contribution in [0.1, 0.15) is 18.5 Å². The number of carbonyl (C=O) groups excluding carboxylic acids is 1. The number of amides is 1. The van der Waals surface area contributed by atoms with Crippen LogP contribution >= 0.6 is 23.8 Å². The van der Waals surface area contributed by atoms with Crippen LogP contribution in [0.5, 0.6) is 11.5 Å². The molecule has 3 atom stereocenters. The Bertz CT molecular complexity index is 1240. The molecule has 168 valence electrons. The Morgan fingerprint density at radius 1 is 1.15 bits per heavy atom. The summed E-state index contributed by atoms with van der Waals surface area (Å²) in [5.74, 6) is 0.607. The summed E-state index contributed by atoms with van der Waals surface area (Å²) in [6.45, 7) is 1.89. The molecule has 6 nitrogen and oxygen atoms in total. The van der Waals surface area contributed by atoms with Crippen LogP contribution in [0.3, 0.4) is 0 Å². The Morgan fingerprint density at radius 2 is 1.91 bits per heavy atom. The van der Waals surface area contributed by atoms with Crippen LogP contribution in [0.2, 0.25) is 5.02 Å². The highest BCUT2D eigenvalue weighted by molar-refractivity contribution is 7.80. The van der Waals surface area contributed by atoms with E-state index in [0.717, 1.165) is 11.3 Å². The topological polar surface area (TPSA) is 62.8 Å². The standard InChI is InChI=1S/C25H22ClN3O3S/c1-25-21(23(30)27-16-10-12-18(31-2)13-11-16)22(19-8-3-4-9-20(19)32-25)28-24(33)29(25)17-7-5-6-15(26)14-17/h3-14,21-22H,1-2H3,(H,27,30)(H,28,33)/t21-,22+,25-/m0/s1. The number of halogens is 1. The second kappa shape index (κ2) is 8.24. The maximum absolute atomic E-state index is 13.7. The van der Waals surface area contributed by atoms with Gasteiger partial charge in [0, 0.05) is 22.0 Å². The predicted octanol–water partition coefficient (Wildman–Crippen LogP) is 5.15. The number of methoxy groups -OCH3 is 1. The minimum Gasteiger partial charge on any atom is -0.497 e. The van der Waals surface area contributed by atoms with Gasteiger partial charge in [-0.2, -0.15) is 0 Å². The first-order valence-electron chi connectivity index (χ1n) is 10.5. The van der Waals surface area contributed by atoms with Gasteiger partial charge in [0.2, 0.25) is 5.91 Å². The lowest BCUT2D eigenvalue weighted by atomic mass is 9.78. The van der Waals surface area contributed by atoms with Crippen molar-refractivity contribution in [3.63, 3.8) is 0 Å². The van der Waals surface area contributed by atoms with Crippen molar-refractivity contribution in [3.8, 4) is 11.5 Å². The van der Waals surface area contributed by atoms with Crippen LogP contribution in [0.25, 0.3) is 0 Å². The minimum atomic E-state index is -1.09. The summed E-state index contributed by atoms with van der Waals surface area (Å²) in [5.41, 5.74) is 1.20. The van der Waals surface area contributed by atoms with Crippen molar-refractivity contribution in [2.24, 2.45) is 5.92 Å². The number of hydrogen-bond donors (Lipinski definition) is 2. The fraction of sp³-hybridized carbons (Fsp3) is 0.200. The van der Waals surface area contributed by atoms with E-state index >= 15 is 0 Å². The number of anilines is 2. The van der Waals surface area contributed by atoms with E-state index in [4.69, 9.17) is 33.3 Å². The number of nitrogens with zero attached hydrogens (tertiary/aromatic N) is 1. The molecule has 2 N–H and O–H groups in total. The zero-order valence-corrected chi connectivity index (χ0v) is 19.6. The summed E-state index contributed by atoms with van der Waals surface area (Å²) in [7, 11) is 1.60. The summed E-state index contributed by atoms with van der Waals surface area (Å²) in [4.78, 5) is 15.6. The fourth-order valence-corrected chi connectivity index (χ4v) is 5.23. The van der Waals surface area contributed by atoms with Gasteiger partial charge in [-0.25, -0.2) is 0 Å². The van der Waals surface area contributed by atoms with Crippen LogP contribution in [0.15, 0.2) is 72.8 Å². The molecule has 33 heavy (non-hydrogen) atoms. The number of para-hydroxylation sites is 1. The Hall–Kier alpha value is -3.29. The van der Waals surface area contributed by atoms with Gasteiger partial charge in [-0.1, -0.05) is 35.9 Å². The van der Waals surface area contributed by atoms with Crippen LogP contribution in [-0.2, 0) is 4.79 Å². The lowest BCUT2D eigenvalue weighted by molar-refractivity contribution is -0.130. The number of thiocarbonyl (C=S) groups is 1. The molecule has 0 saturated carbocycles. The highest BCUT2D eigenvalue weighted by Crippen LogP contribution is 2.49. The predicted molar refractivity (Wildman–Crippen MR) is 133 cm³/mol. The number of carbonyl (C=O) groups is 1. The quantitative estimate of drug-likeness (QED) is 0.505. The van der Waals surface area contributed by atoms with Gasteiger partial charge in [0.25, 0.3) is 0 Å². The first-order valence-corrected chi connectivity index (χ1v) is 11.3. The molecular formula is C25H22ClN3O3S. The van der Waals surface area contributed by atoms with E-state index in [0.29, 0.717) is 27.3 Å². The molecular weight excluding hydrogens is 458 g/mol. The van der Waals surface area contributed by atoms with Crippen LogP contribution < -0.4 is 25.0 Å². The van der Waals surface area contributed by atoms with Gasteiger partial charge >= 0.3 is 0 Å². The third kappa shape index (κ3) is 3.67. The molecule has 2 bridgehead atoms. The summed E-state index contributed by atoms with van der Waals surface area (Å²) in [6.07, 6.45) is 0. The van der Waals surface area contributed by atoms with Gasteiger partial charge in [0.1, 0.15) is 17.4 Å². The molecule has 0 aromatic heterocycles. The smallest absolute Gasteiger partial charge is 0.236 e. The molecule has 0 spiro atoms. The normalized spacial score (nSPS) is 23.1. The first kappa shape index (κ1) is 21.6. The Morgan fingerprint density at radius 3 is 2.64 bits per heavy atom. The third-order valence-corrected chi connectivity index (χ3v) is 6.65. The number of ether oxygens (including phenoxy) is 2. The fourth-order valence-electron chi connectivity index (χ4n) is 4.63. The molecule has 3 aromatic rings. The number of nitrogens with one attached hydrogen (secondary N) is 2. The summed E-state index contributed by atoms with van der Waals surface area (Å²) >= 11 is 12.0. The third-order valence-electron chi connectivity index (χ3n) is 6.11. The Kier molecular flexibility index (Phi) is 5.38. The molecule has 1 fully saturated rings. The minimum absolute atomic E-state index is 0.191.